The standard InChI is InChI=1S/C17H13N3O6/c1-9-14(15(20-26-9)10-3-5-12(24-2)18-7-10)17(23)25-13-6-4-11(8-19-13)16(21)22/h3-8H,1-2H3,(H,21,22). The Hall–Kier alpha value is -3.75. The van der Waals surface area contributed by atoms with Gasteiger partial charge in [0.25, 0.3) is 0 Å². The fraction of sp³-hybridized carbons (Fsp3) is 0.118. The molecule has 0 atom stereocenters. The highest BCUT2D eigenvalue weighted by molar-refractivity contribution is 5.98. The number of esters is 1. The van der Waals surface area contributed by atoms with E-state index in [1.807, 2.05) is 0 Å². The van der Waals surface area contributed by atoms with Crippen LogP contribution in [0.1, 0.15) is 26.5 Å². The molecule has 0 bridgehead atoms. The highest BCUT2D eigenvalue weighted by atomic mass is 16.5. The zero-order chi connectivity index (χ0) is 18.7. The number of ether oxygens (including phenoxy) is 2. The number of carbonyl (C=O) groups excluding carboxylic acids is 1. The van der Waals surface area contributed by atoms with Crippen LogP contribution in [0.2, 0.25) is 0 Å². The summed E-state index contributed by atoms with van der Waals surface area (Å²) in [6, 6.07) is 5.88. The molecule has 0 unspecified atom stereocenters. The lowest BCUT2D eigenvalue weighted by molar-refractivity contribution is 0.0696. The average Bonchev–Trinajstić information content (AvgIpc) is 3.04. The first-order chi connectivity index (χ1) is 12.5. The maximum Gasteiger partial charge on any atom is 0.350 e. The van der Waals surface area contributed by atoms with Crippen molar-refractivity contribution in [2.75, 3.05) is 7.11 Å². The molecule has 9 nitrogen and oxygen atoms in total. The smallest absolute Gasteiger partial charge is 0.350 e. The summed E-state index contributed by atoms with van der Waals surface area (Å²) >= 11 is 0. The van der Waals surface area contributed by atoms with Crippen LogP contribution in [0.5, 0.6) is 11.8 Å². The molecule has 9 heteroatoms. The van der Waals surface area contributed by atoms with E-state index in [-0.39, 0.29) is 28.5 Å². The number of rotatable bonds is 5. The number of carboxylic acids is 1. The van der Waals surface area contributed by atoms with Gasteiger partial charge in [0.15, 0.2) is 0 Å². The van der Waals surface area contributed by atoms with Crippen LogP contribution < -0.4 is 9.47 Å². The minimum Gasteiger partial charge on any atom is -0.481 e. The zero-order valence-corrected chi connectivity index (χ0v) is 13.8. The van der Waals surface area contributed by atoms with Crippen molar-refractivity contribution in [1.82, 2.24) is 15.1 Å². The second-order valence-electron chi connectivity index (χ2n) is 5.13. The van der Waals surface area contributed by atoms with Crippen LogP contribution in [0.25, 0.3) is 11.3 Å². The van der Waals surface area contributed by atoms with Crippen LogP contribution in [0.3, 0.4) is 0 Å². The number of aromatic nitrogens is 3. The number of methoxy groups -OCH3 is 1. The Kier molecular flexibility index (Phi) is 4.61. The van der Waals surface area contributed by atoms with E-state index >= 15 is 0 Å². The lowest BCUT2D eigenvalue weighted by Crippen LogP contribution is -2.11. The molecule has 0 aromatic carbocycles. The minimum atomic E-state index is -1.13. The van der Waals surface area contributed by atoms with Gasteiger partial charge < -0.3 is 19.1 Å². The number of carboxylic acid groups (broad SMARTS) is 1. The molecular weight excluding hydrogens is 342 g/mol. The van der Waals surface area contributed by atoms with Gasteiger partial charge in [0.2, 0.25) is 11.8 Å². The van der Waals surface area contributed by atoms with Gasteiger partial charge in [0, 0.05) is 30.1 Å². The number of carbonyl (C=O) groups is 2. The third kappa shape index (κ3) is 3.36. The van der Waals surface area contributed by atoms with Crippen LogP contribution in [0.15, 0.2) is 41.2 Å². The molecule has 0 fully saturated rings. The summed E-state index contributed by atoms with van der Waals surface area (Å²) in [5.41, 5.74) is 0.922. The van der Waals surface area contributed by atoms with Crippen molar-refractivity contribution < 1.29 is 28.7 Å². The molecule has 0 spiro atoms. The van der Waals surface area contributed by atoms with E-state index < -0.39 is 11.9 Å². The van der Waals surface area contributed by atoms with Gasteiger partial charge in [0.05, 0.1) is 12.7 Å². The predicted octanol–water partition coefficient (Wildman–Crippen LogP) is 2.37. The van der Waals surface area contributed by atoms with E-state index in [1.165, 1.54) is 25.4 Å². The van der Waals surface area contributed by atoms with Crippen molar-refractivity contribution in [3.63, 3.8) is 0 Å². The first-order valence-electron chi connectivity index (χ1n) is 7.38. The number of nitrogens with zero attached hydrogens (tertiary/aromatic N) is 3. The fourth-order valence-electron chi connectivity index (χ4n) is 2.16. The molecular formula is C17H13N3O6. The Morgan fingerprint density at radius 1 is 1.08 bits per heavy atom. The lowest BCUT2D eigenvalue weighted by atomic mass is 10.1. The Morgan fingerprint density at radius 3 is 2.38 bits per heavy atom. The molecule has 0 radical (unpaired) electrons. The Bertz CT molecular complexity index is 948. The Labute approximate surface area is 147 Å². The van der Waals surface area contributed by atoms with Crippen LogP contribution in [0.4, 0.5) is 0 Å². The molecule has 26 heavy (non-hydrogen) atoms. The summed E-state index contributed by atoms with van der Waals surface area (Å²) in [4.78, 5) is 31.2. The van der Waals surface area contributed by atoms with Crippen molar-refractivity contribution in [1.29, 1.82) is 0 Å². The van der Waals surface area contributed by atoms with Gasteiger partial charge in [-0.3, -0.25) is 0 Å². The number of aromatic carboxylic acids is 1. The van der Waals surface area contributed by atoms with E-state index in [1.54, 1.807) is 19.1 Å². The quantitative estimate of drug-likeness (QED) is 0.686. The molecule has 0 saturated carbocycles. The van der Waals surface area contributed by atoms with Crippen LogP contribution in [0, 0.1) is 6.92 Å². The van der Waals surface area contributed by atoms with Crippen LogP contribution in [-0.4, -0.2) is 39.3 Å². The van der Waals surface area contributed by atoms with Crippen molar-refractivity contribution in [2.45, 2.75) is 6.92 Å². The number of hydrogen-bond donors (Lipinski definition) is 1. The van der Waals surface area contributed by atoms with Crippen LogP contribution >= 0.6 is 0 Å². The number of hydrogen-bond acceptors (Lipinski definition) is 8. The second kappa shape index (κ2) is 7.01. The lowest BCUT2D eigenvalue weighted by Gasteiger charge is -2.05. The van der Waals surface area contributed by atoms with Gasteiger partial charge in [-0.25, -0.2) is 19.6 Å². The zero-order valence-electron chi connectivity index (χ0n) is 13.8. The fourth-order valence-corrected chi connectivity index (χ4v) is 2.16. The van der Waals surface area contributed by atoms with Crippen LogP contribution in [-0.2, 0) is 0 Å². The van der Waals surface area contributed by atoms with Crippen molar-refractivity contribution >= 4 is 11.9 Å². The predicted molar refractivity (Wildman–Crippen MR) is 87.2 cm³/mol. The van der Waals surface area contributed by atoms with Gasteiger partial charge >= 0.3 is 11.9 Å². The molecule has 0 aliphatic carbocycles. The number of pyridine rings is 2. The molecule has 132 valence electrons. The largest absolute Gasteiger partial charge is 0.481 e. The topological polar surface area (TPSA) is 125 Å². The Balaban J connectivity index is 1.87. The summed E-state index contributed by atoms with van der Waals surface area (Å²) < 4.78 is 15.3. The third-order valence-electron chi connectivity index (χ3n) is 3.47. The molecule has 1 N–H and O–H groups in total. The summed E-state index contributed by atoms with van der Waals surface area (Å²) in [6.45, 7) is 1.57. The van der Waals surface area contributed by atoms with Gasteiger partial charge in [0.1, 0.15) is 17.0 Å². The van der Waals surface area contributed by atoms with Gasteiger partial charge in [-0.15, -0.1) is 0 Å². The van der Waals surface area contributed by atoms with Crippen molar-refractivity contribution in [3.05, 3.63) is 53.5 Å². The molecule has 3 heterocycles. The van der Waals surface area contributed by atoms with E-state index in [0.717, 1.165) is 6.20 Å². The monoisotopic (exact) mass is 355 g/mol. The van der Waals surface area contributed by atoms with E-state index in [0.29, 0.717) is 11.4 Å². The molecule has 3 aromatic rings. The second-order valence-corrected chi connectivity index (χ2v) is 5.13. The summed E-state index contributed by atoms with van der Waals surface area (Å²) in [7, 11) is 1.49. The SMILES string of the molecule is COc1ccc(-c2noc(C)c2C(=O)Oc2ccc(C(=O)O)cn2)cn1. The average molecular weight is 355 g/mol. The first kappa shape index (κ1) is 17.1. The Morgan fingerprint density at radius 2 is 1.81 bits per heavy atom. The summed E-state index contributed by atoms with van der Waals surface area (Å²) in [6.07, 6.45) is 2.59. The molecule has 0 saturated heterocycles. The molecule has 0 aliphatic rings. The molecule has 3 aromatic heterocycles. The van der Waals surface area contributed by atoms with Crippen molar-refractivity contribution in [3.8, 4) is 23.0 Å². The molecule has 0 aliphatic heterocycles. The normalized spacial score (nSPS) is 10.4. The third-order valence-corrected chi connectivity index (χ3v) is 3.47. The summed E-state index contributed by atoms with van der Waals surface area (Å²) in [5, 5.41) is 12.7. The highest BCUT2D eigenvalue weighted by Gasteiger charge is 2.24. The number of aryl methyl sites for hydroxylation is 1. The van der Waals surface area contributed by atoms with E-state index in [4.69, 9.17) is 19.1 Å². The van der Waals surface area contributed by atoms with E-state index in [9.17, 15) is 9.59 Å². The highest BCUT2D eigenvalue weighted by Crippen LogP contribution is 2.26. The van der Waals surface area contributed by atoms with Gasteiger partial charge in [-0.2, -0.15) is 0 Å². The molecule has 3 rings (SSSR count). The molecule has 0 amide bonds. The maximum absolute atomic E-state index is 12.5. The summed E-state index contributed by atoms with van der Waals surface area (Å²) in [5.74, 6) is -1.21. The van der Waals surface area contributed by atoms with Gasteiger partial charge in [-0.05, 0) is 19.1 Å². The van der Waals surface area contributed by atoms with E-state index in [2.05, 4.69) is 15.1 Å². The first-order valence-corrected chi connectivity index (χ1v) is 7.38. The van der Waals surface area contributed by atoms with Gasteiger partial charge in [-0.1, -0.05) is 5.16 Å². The maximum atomic E-state index is 12.5. The minimum absolute atomic E-state index is 0.0176. The van der Waals surface area contributed by atoms with Crippen molar-refractivity contribution in [2.24, 2.45) is 0 Å².